The van der Waals surface area contributed by atoms with Gasteiger partial charge in [-0.15, -0.1) is 0 Å². The third kappa shape index (κ3) is 3.77. The number of hydrogen-bond acceptors (Lipinski definition) is 4. The van der Waals surface area contributed by atoms with E-state index in [2.05, 4.69) is 10.6 Å². The SMILES string of the molecule is CNC(=O)c1ccc(CNC(=O)[C@@H]2CCCN2C(=O)c2ccco2)cc1. The van der Waals surface area contributed by atoms with Gasteiger partial charge in [0.25, 0.3) is 11.8 Å². The summed E-state index contributed by atoms with van der Waals surface area (Å²) < 4.78 is 5.15. The molecular weight excluding hydrogens is 334 g/mol. The topological polar surface area (TPSA) is 91.7 Å². The first-order valence-corrected chi connectivity index (χ1v) is 8.53. The lowest BCUT2D eigenvalue weighted by Gasteiger charge is -2.23. The van der Waals surface area contributed by atoms with Crippen molar-refractivity contribution in [2.75, 3.05) is 13.6 Å². The van der Waals surface area contributed by atoms with E-state index < -0.39 is 6.04 Å². The fourth-order valence-corrected chi connectivity index (χ4v) is 3.05. The van der Waals surface area contributed by atoms with Crippen molar-refractivity contribution in [1.29, 1.82) is 0 Å². The highest BCUT2D eigenvalue weighted by Gasteiger charge is 2.35. The summed E-state index contributed by atoms with van der Waals surface area (Å²) in [7, 11) is 1.58. The maximum Gasteiger partial charge on any atom is 0.290 e. The normalized spacial score (nSPS) is 16.3. The number of likely N-dealkylation sites (tertiary alicyclic amines) is 1. The Morgan fingerprint density at radius 2 is 1.96 bits per heavy atom. The number of nitrogens with one attached hydrogen (secondary N) is 2. The zero-order chi connectivity index (χ0) is 18.5. The van der Waals surface area contributed by atoms with Crippen molar-refractivity contribution in [3.05, 3.63) is 59.5 Å². The van der Waals surface area contributed by atoms with Crippen LogP contribution in [0.25, 0.3) is 0 Å². The fourth-order valence-electron chi connectivity index (χ4n) is 3.05. The third-order valence-electron chi connectivity index (χ3n) is 4.46. The predicted molar refractivity (Wildman–Crippen MR) is 94.4 cm³/mol. The van der Waals surface area contributed by atoms with Crippen LogP contribution in [0.3, 0.4) is 0 Å². The molecule has 2 N–H and O–H groups in total. The average Bonchev–Trinajstić information content (AvgIpc) is 3.37. The van der Waals surface area contributed by atoms with E-state index in [1.807, 2.05) is 0 Å². The lowest BCUT2D eigenvalue weighted by atomic mass is 10.1. The van der Waals surface area contributed by atoms with Crippen LogP contribution in [0.4, 0.5) is 0 Å². The van der Waals surface area contributed by atoms with Gasteiger partial charge >= 0.3 is 0 Å². The summed E-state index contributed by atoms with van der Waals surface area (Å²) in [6, 6.07) is 9.78. The summed E-state index contributed by atoms with van der Waals surface area (Å²) in [6.45, 7) is 0.880. The van der Waals surface area contributed by atoms with Crippen molar-refractivity contribution in [2.24, 2.45) is 0 Å². The van der Waals surface area contributed by atoms with Gasteiger partial charge in [-0.05, 0) is 42.7 Å². The molecule has 2 heterocycles. The summed E-state index contributed by atoms with van der Waals surface area (Å²) >= 11 is 0. The Hall–Kier alpha value is -3.09. The lowest BCUT2D eigenvalue weighted by Crippen LogP contribution is -2.45. The standard InChI is InChI=1S/C19H21N3O4/c1-20-17(23)14-8-6-13(7-9-14)12-21-18(24)15-4-2-10-22(15)19(25)16-5-3-11-26-16/h3,5-9,11,15H,2,4,10,12H2,1H3,(H,20,23)(H,21,24)/t15-/m0/s1. The number of benzene rings is 1. The van der Waals surface area contributed by atoms with Crippen molar-refractivity contribution in [1.82, 2.24) is 15.5 Å². The van der Waals surface area contributed by atoms with Crippen molar-refractivity contribution in [3.8, 4) is 0 Å². The van der Waals surface area contributed by atoms with E-state index in [4.69, 9.17) is 4.42 Å². The van der Waals surface area contributed by atoms with Gasteiger partial charge in [0.05, 0.1) is 6.26 Å². The van der Waals surface area contributed by atoms with Crippen molar-refractivity contribution < 1.29 is 18.8 Å². The molecule has 7 nitrogen and oxygen atoms in total. The van der Waals surface area contributed by atoms with Gasteiger partial charge in [0, 0.05) is 25.7 Å². The van der Waals surface area contributed by atoms with Crippen LogP contribution in [0.2, 0.25) is 0 Å². The van der Waals surface area contributed by atoms with Crippen molar-refractivity contribution in [3.63, 3.8) is 0 Å². The van der Waals surface area contributed by atoms with E-state index in [9.17, 15) is 14.4 Å². The molecule has 1 aromatic heterocycles. The maximum atomic E-state index is 12.5. The van der Waals surface area contributed by atoms with Gasteiger partial charge < -0.3 is 20.0 Å². The van der Waals surface area contributed by atoms with Crippen LogP contribution in [-0.4, -0.2) is 42.3 Å². The van der Waals surface area contributed by atoms with Crippen LogP contribution in [0.5, 0.6) is 0 Å². The predicted octanol–water partition coefficient (Wildman–Crippen LogP) is 1.56. The Bertz CT molecular complexity index is 784. The second-order valence-corrected chi connectivity index (χ2v) is 6.13. The van der Waals surface area contributed by atoms with Crippen LogP contribution in [0.15, 0.2) is 47.1 Å². The molecule has 1 aromatic carbocycles. The van der Waals surface area contributed by atoms with Gasteiger partial charge in [0.2, 0.25) is 5.91 Å². The smallest absolute Gasteiger partial charge is 0.290 e. The van der Waals surface area contributed by atoms with Gasteiger partial charge in [-0.25, -0.2) is 0 Å². The highest BCUT2D eigenvalue weighted by Crippen LogP contribution is 2.20. The Labute approximate surface area is 151 Å². The number of carbonyl (C=O) groups is 3. The molecule has 26 heavy (non-hydrogen) atoms. The number of nitrogens with zero attached hydrogens (tertiary/aromatic N) is 1. The van der Waals surface area contributed by atoms with Crippen LogP contribution < -0.4 is 10.6 Å². The number of carbonyl (C=O) groups excluding carboxylic acids is 3. The average molecular weight is 355 g/mol. The van der Waals surface area contributed by atoms with E-state index in [1.165, 1.54) is 6.26 Å². The molecule has 1 saturated heterocycles. The van der Waals surface area contributed by atoms with Crippen molar-refractivity contribution in [2.45, 2.75) is 25.4 Å². The summed E-state index contributed by atoms with van der Waals surface area (Å²) in [5, 5.41) is 5.43. The second kappa shape index (κ2) is 7.86. The Balaban J connectivity index is 1.59. The van der Waals surface area contributed by atoms with Gasteiger partial charge in [-0.1, -0.05) is 12.1 Å². The van der Waals surface area contributed by atoms with Gasteiger partial charge in [0.15, 0.2) is 5.76 Å². The first kappa shape index (κ1) is 17.7. The first-order chi connectivity index (χ1) is 12.6. The number of amides is 3. The van der Waals surface area contributed by atoms with E-state index in [0.29, 0.717) is 25.1 Å². The Morgan fingerprint density at radius 1 is 1.19 bits per heavy atom. The molecule has 1 fully saturated rings. The molecule has 0 aliphatic carbocycles. The van der Waals surface area contributed by atoms with Crippen LogP contribution in [-0.2, 0) is 11.3 Å². The lowest BCUT2D eigenvalue weighted by molar-refractivity contribution is -0.125. The van der Waals surface area contributed by atoms with Crippen LogP contribution in [0.1, 0.15) is 39.3 Å². The zero-order valence-electron chi connectivity index (χ0n) is 14.5. The molecule has 3 rings (SSSR count). The summed E-state index contributed by atoms with van der Waals surface area (Å²) in [5.41, 5.74) is 1.45. The van der Waals surface area contributed by atoms with E-state index in [-0.39, 0.29) is 23.5 Å². The Kier molecular flexibility index (Phi) is 5.36. The largest absolute Gasteiger partial charge is 0.459 e. The highest BCUT2D eigenvalue weighted by atomic mass is 16.3. The molecule has 1 aliphatic rings. The molecule has 0 radical (unpaired) electrons. The molecule has 136 valence electrons. The van der Waals surface area contributed by atoms with Gasteiger partial charge in [-0.3, -0.25) is 14.4 Å². The fraction of sp³-hybridized carbons (Fsp3) is 0.316. The number of rotatable bonds is 5. The maximum absolute atomic E-state index is 12.5. The van der Waals surface area contributed by atoms with E-state index >= 15 is 0 Å². The monoisotopic (exact) mass is 355 g/mol. The molecule has 0 spiro atoms. The van der Waals surface area contributed by atoms with Crippen molar-refractivity contribution >= 4 is 17.7 Å². The quantitative estimate of drug-likeness (QED) is 0.851. The number of hydrogen-bond donors (Lipinski definition) is 2. The van der Waals surface area contributed by atoms with Crippen LogP contribution >= 0.6 is 0 Å². The first-order valence-electron chi connectivity index (χ1n) is 8.53. The summed E-state index contributed by atoms with van der Waals surface area (Å²) in [4.78, 5) is 38.1. The minimum Gasteiger partial charge on any atom is -0.459 e. The van der Waals surface area contributed by atoms with Crippen LogP contribution in [0, 0.1) is 0 Å². The second-order valence-electron chi connectivity index (χ2n) is 6.13. The molecule has 1 aliphatic heterocycles. The molecule has 1 atom stereocenters. The molecule has 2 aromatic rings. The molecule has 0 saturated carbocycles. The minimum atomic E-state index is -0.488. The molecule has 3 amide bonds. The minimum absolute atomic E-state index is 0.154. The summed E-state index contributed by atoms with van der Waals surface area (Å²) in [6.07, 6.45) is 2.86. The number of furan rings is 1. The summed E-state index contributed by atoms with van der Waals surface area (Å²) in [5.74, 6) is -0.353. The zero-order valence-corrected chi connectivity index (χ0v) is 14.5. The van der Waals surface area contributed by atoms with E-state index in [0.717, 1.165) is 12.0 Å². The van der Waals surface area contributed by atoms with Gasteiger partial charge in [0.1, 0.15) is 6.04 Å². The third-order valence-corrected chi connectivity index (χ3v) is 4.46. The molecule has 0 unspecified atom stereocenters. The Morgan fingerprint density at radius 3 is 2.62 bits per heavy atom. The highest BCUT2D eigenvalue weighted by molar-refractivity contribution is 5.96. The molecule has 0 bridgehead atoms. The molecule has 7 heteroatoms. The molecular formula is C19H21N3O4. The van der Waals surface area contributed by atoms with E-state index in [1.54, 1.807) is 48.3 Å². The van der Waals surface area contributed by atoms with Gasteiger partial charge in [-0.2, -0.15) is 0 Å².